The summed E-state index contributed by atoms with van der Waals surface area (Å²) in [4.78, 5) is 23.5. The number of amides is 1. The van der Waals surface area contributed by atoms with Crippen LogP contribution in [0.1, 0.15) is 24.2 Å². The molecule has 0 bridgehead atoms. The molecule has 1 atom stereocenters. The monoisotopic (exact) mass is 402 g/mol. The predicted molar refractivity (Wildman–Crippen MR) is 106 cm³/mol. The molecule has 3 aromatic rings. The maximum Gasteiger partial charge on any atom is 0.231 e. The molecule has 2 aromatic heterocycles. The first-order valence-corrected chi connectivity index (χ1v) is 9.53. The first-order chi connectivity index (χ1) is 13.4. The molecule has 146 valence electrons. The fraction of sp³-hybridized carbons (Fsp3) is 0.350. The highest BCUT2D eigenvalue weighted by molar-refractivity contribution is 6.30. The molecule has 28 heavy (non-hydrogen) atoms. The van der Waals surface area contributed by atoms with Crippen LogP contribution >= 0.6 is 11.6 Å². The topological polar surface area (TPSA) is 71.3 Å². The van der Waals surface area contributed by atoms with E-state index < -0.39 is 5.82 Å². The molecule has 0 saturated carbocycles. The third-order valence-corrected chi connectivity index (χ3v) is 5.46. The highest BCUT2D eigenvalue weighted by Crippen LogP contribution is 2.33. The number of anilines is 2. The van der Waals surface area contributed by atoms with E-state index >= 15 is 0 Å². The van der Waals surface area contributed by atoms with Crippen molar-refractivity contribution in [3.8, 4) is 0 Å². The van der Waals surface area contributed by atoms with Crippen LogP contribution in [0.3, 0.4) is 0 Å². The van der Waals surface area contributed by atoms with E-state index in [1.807, 2.05) is 13.8 Å². The minimum Gasteiger partial charge on any atom is -0.443 e. The van der Waals surface area contributed by atoms with Gasteiger partial charge in [0.15, 0.2) is 0 Å². The second-order valence-electron chi connectivity index (χ2n) is 7.06. The van der Waals surface area contributed by atoms with Gasteiger partial charge in [0.25, 0.3) is 0 Å². The third-order valence-electron chi connectivity index (χ3n) is 5.23. The molecule has 1 aromatic carbocycles. The Kier molecular flexibility index (Phi) is 4.93. The number of rotatable bonds is 3. The normalized spacial score (nSPS) is 17.1. The first kappa shape index (κ1) is 18.7. The van der Waals surface area contributed by atoms with Gasteiger partial charge in [-0.25, -0.2) is 14.4 Å². The minimum atomic E-state index is -0.546. The Hall–Kier alpha value is -2.67. The molecule has 1 aliphatic rings. The maximum atomic E-state index is 14.0. The number of halogens is 2. The van der Waals surface area contributed by atoms with Crippen molar-refractivity contribution in [2.45, 2.75) is 26.7 Å². The average Bonchev–Trinajstić information content (AvgIpc) is 2.98. The number of carbonyl (C=O) groups is 1. The molecule has 6 nitrogen and oxygen atoms in total. The van der Waals surface area contributed by atoms with E-state index in [0.717, 1.165) is 41.9 Å². The van der Waals surface area contributed by atoms with E-state index in [-0.39, 0.29) is 22.5 Å². The number of carbonyl (C=O) groups excluding carboxylic acids is 1. The van der Waals surface area contributed by atoms with Crippen LogP contribution in [0.5, 0.6) is 0 Å². The third kappa shape index (κ3) is 3.42. The lowest BCUT2D eigenvalue weighted by Crippen LogP contribution is -2.41. The summed E-state index contributed by atoms with van der Waals surface area (Å²) < 4.78 is 19.7. The average molecular weight is 403 g/mol. The Labute approximate surface area is 166 Å². The second-order valence-corrected chi connectivity index (χ2v) is 7.50. The van der Waals surface area contributed by atoms with Crippen molar-refractivity contribution >= 4 is 40.1 Å². The van der Waals surface area contributed by atoms with Gasteiger partial charge in [-0.3, -0.25) is 4.79 Å². The second kappa shape index (κ2) is 7.39. The Morgan fingerprint density at radius 2 is 2.18 bits per heavy atom. The highest BCUT2D eigenvalue weighted by Gasteiger charge is 2.29. The van der Waals surface area contributed by atoms with Crippen LogP contribution in [-0.4, -0.2) is 29.0 Å². The van der Waals surface area contributed by atoms with Crippen LogP contribution in [0, 0.1) is 25.6 Å². The Morgan fingerprint density at radius 1 is 1.36 bits per heavy atom. The number of benzene rings is 1. The Bertz CT molecular complexity index is 1050. The van der Waals surface area contributed by atoms with Crippen molar-refractivity contribution in [2.24, 2.45) is 5.92 Å². The number of piperidine rings is 1. The van der Waals surface area contributed by atoms with Gasteiger partial charge in [-0.2, -0.15) is 0 Å². The van der Waals surface area contributed by atoms with Crippen molar-refractivity contribution in [1.29, 1.82) is 0 Å². The summed E-state index contributed by atoms with van der Waals surface area (Å²) in [6, 6.07) is 4.21. The van der Waals surface area contributed by atoms with E-state index in [9.17, 15) is 9.18 Å². The Balaban J connectivity index is 1.56. The summed E-state index contributed by atoms with van der Waals surface area (Å²) in [6.07, 6.45) is 3.05. The number of nitrogens with zero attached hydrogens (tertiary/aromatic N) is 3. The van der Waals surface area contributed by atoms with Gasteiger partial charge in [0.1, 0.15) is 23.7 Å². The van der Waals surface area contributed by atoms with Gasteiger partial charge >= 0.3 is 0 Å². The lowest BCUT2D eigenvalue weighted by atomic mass is 9.96. The molecule has 0 spiro atoms. The molecular formula is C20H20ClFN4O2. The lowest BCUT2D eigenvalue weighted by molar-refractivity contribution is -0.120. The van der Waals surface area contributed by atoms with E-state index in [0.29, 0.717) is 12.3 Å². The Morgan fingerprint density at radius 3 is 2.96 bits per heavy atom. The van der Waals surface area contributed by atoms with Crippen LogP contribution in [-0.2, 0) is 4.79 Å². The molecule has 4 rings (SSSR count). The molecule has 0 unspecified atom stereocenters. The molecule has 0 radical (unpaired) electrons. The largest absolute Gasteiger partial charge is 0.443 e. The summed E-state index contributed by atoms with van der Waals surface area (Å²) in [5, 5.41) is 3.85. The molecular weight excluding hydrogens is 383 g/mol. The SMILES string of the molecule is Cc1oc2ncnc(N3CCC[C@@H](C(=O)Nc4ccc(Cl)cc4F)C3)c2c1C. The van der Waals surface area contributed by atoms with Crippen molar-refractivity contribution in [2.75, 3.05) is 23.3 Å². The van der Waals surface area contributed by atoms with Crippen LogP contribution in [0.2, 0.25) is 5.02 Å². The van der Waals surface area contributed by atoms with Crippen molar-refractivity contribution < 1.29 is 13.6 Å². The van der Waals surface area contributed by atoms with Gasteiger partial charge in [-0.05, 0) is 44.9 Å². The summed E-state index contributed by atoms with van der Waals surface area (Å²) >= 11 is 5.77. The van der Waals surface area contributed by atoms with E-state index in [2.05, 4.69) is 20.2 Å². The van der Waals surface area contributed by atoms with Crippen LogP contribution < -0.4 is 10.2 Å². The number of fused-ring (bicyclic) bond motifs is 1. The number of nitrogens with one attached hydrogen (secondary N) is 1. The molecule has 1 saturated heterocycles. The smallest absolute Gasteiger partial charge is 0.231 e. The minimum absolute atomic E-state index is 0.136. The van der Waals surface area contributed by atoms with Gasteiger partial charge in [0.05, 0.1) is 17.0 Å². The van der Waals surface area contributed by atoms with Gasteiger partial charge < -0.3 is 14.6 Å². The molecule has 1 amide bonds. The van der Waals surface area contributed by atoms with Crippen molar-refractivity contribution in [1.82, 2.24) is 9.97 Å². The zero-order chi connectivity index (χ0) is 19.8. The van der Waals surface area contributed by atoms with E-state index in [4.69, 9.17) is 16.0 Å². The fourth-order valence-corrected chi connectivity index (χ4v) is 3.77. The molecule has 1 fully saturated rings. The molecule has 1 N–H and O–H groups in total. The molecule has 0 aliphatic carbocycles. The lowest BCUT2D eigenvalue weighted by Gasteiger charge is -2.33. The first-order valence-electron chi connectivity index (χ1n) is 9.15. The highest BCUT2D eigenvalue weighted by atomic mass is 35.5. The number of hydrogen-bond acceptors (Lipinski definition) is 5. The van der Waals surface area contributed by atoms with Crippen LogP contribution in [0.4, 0.5) is 15.9 Å². The summed E-state index contributed by atoms with van der Waals surface area (Å²) in [7, 11) is 0. The fourth-order valence-electron chi connectivity index (χ4n) is 3.61. The predicted octanol–water partition coefficient (Wildman–Crippen LogP) is 4.49. The number of hydrogen-bond donors (Lipinski definition) is 1. The zero-order valence-electron chi connectivity index (χ0n) is 15.6. The van der Waals surface area contributed by atoms with Gasteiger partial charge in [-0.1, -0.05) is 11.6 Å². The molecule has 8 heteroatoms. The number of aromatic nitrogens is 2. The summed E-state index contributed by atoms with van der Waals surface area (Å²) in [5.74, 6) is 0.546. The van der Waals surface area contributed by atoms with Gasteiger partial charge in [-0.15, -0.1) is 0 Å². The van der Waals surface area contributed by atoms with E-state index in [1.165, 1.54) is 18.5 Å². The number of furan rings is 1. The molecule has 3 heterocycles. The molecule has 1 aliphatic heterocycles. The summed E-state index contributed by atoms with van der Waals surface area (Å²) in [6.45, 7) is 5.16. The zero-order valence-corrected chi connectivity index (χ0v) is 16.4. The standard InChI is InChI=1S/C20H20ClFN4O2/c1-11-12(2)28-20-17(11)18(23-10-24-20)26-7-3-4-13(9-26)19(27)25-16-6-5-14(21)8-15(16)22/h5-6,8,10,13H,3-4,7,9H2,1-2H3,(H,25,27)/t13-/m1/s1. The van der Waals surface area contributed by atoms with Crippen LogP contribution in [0.15, 0.2) is 28.9 Å². The van der Waals surface area contributed by atoms with Gasteiger partial charge in [0.2, 0.25) is 11.6 Å². The van der Waals surface area contributed by atoms with E-state index in [1.54, 1.807) is 6.07 Å². The van der Waals surface area contributed by atoms with Crippen molar-refractivity contribution in [3.05, 3.63) is 46.7 Å². The maximum absolute atomic E-state index is 14.0. The quantitative estimate of drug-likeness (QED) is 0.699. The van der Waals surface area contributed by atoms with Crippen molar-refractivity contribution in [3.63, 3.8) is 0 Å². The summed E-state index contributed by atoms with van der Waals surface area (Å²) in [5.41, 5.74) is 1.69. The number of aryl methyl sites for hydroxylation is 2. The van der Waals surface area contributed by atoms with Crippen LogP contribution in [0.25, 0.3) is 11.1 Å². The van der Waals surface area contributed by atoms with Gasteiger partial charge in [0, 0.05) is 23.7 Å².